The van der Waals surface area contributed by atoms with Gasteiger partial charge in [-0.2, -0.15) is 0 Å². The van der Waals surface area contributed by atoms with Gasteiger partial charge in [0.05, 0.1) is 13.2 Å². The summed E-state index contributed by atoms with van der Waals surface area (Å²) < 4.78 is 21.7. The number of alkyl halides is 1. The molecule has 0 spiro atoms. The van der Waals surface area contributed by atoms with Gasteiger partial charge in [0.2, 0.25) is 0 Å². The van der Waals surface area contributed by atoms with Crippen LogP contribution in [0.1, 0.15) is 110 Å². The van der Waals surface area contributed by atoms with Crippen molar-refractivity contribution < 1.29 is 18.7 Å². The van der Waals surface area contributed by atoms with E-state index in [1.54, 1.807) is 0 Å². The van der Waals surface area contributed by atoms with Gasteiger partial charge in [0, 0.05) is 6.42 Å². The van der Waals surface area contributed by atoms with E-state index in [1.165, 1.54) is 83.5 Å². The third-order valence-electron chi connectivity index (χ3n) is 4.70. The Kier molecular flexibility index (Phi) is 21.8. The van der Waals surface area contributed by atoms with Gasteiger partial charge < -0.3 is 9.47 Å². The summed E-state index contributed by atoms with van der Waals surface area (Å²) in [5.41, 5.74) is 0. The van der Waals surface area contributed by atoms with E-state index in [2.05, 4.69) is 6.92 Å². The zero-order valence-electron chi connectivity index (χ0n) is 17.2. The fraction of sp³-hybridized carbons (Fsp3) is 0.955. The molecule has 0 amide bonds. The average molecular weight is 375 g/mol. The Morgan fingerprint density at radius 1 is 0.654 bits per heavy atom. The molecule has 0 saturated carbocycles. The SMILES string of the molecule is CCCCCCCCCCCCCCCCCC(=O)OCCOCCF. The first kappa shape index (κ1) is 25.4. The largest absolute Gasteiger partial charge is 0.463 e. The Hall–Kier alpha value is -0.640. The Morgan fingerprint density at radius 3 is 1.58 bits per heavy atom. The molecule has 0 aliphatic rings. The second-order valence-corrected chi connectivity index (χ2v) is 7.22. The lowest BCUT2D eigenvalue weighted by Gasteiger charge is -2.05. The van der Waals surface area contributed by atoms with Crippen LogP contribution >= 0.6 is 0 Å². The molecule has 4 heteroatoms. The van der Waals surface area contributed by atoms with E-state index in [1.807, 2.05) is 0 Å². The first-order valence-electron chi connectivity index (χ1n) is 11.1. The molecule has 0 N–H and O–H groups in total. The lowest BCUT2D eigenvalue weighted by molar-refractivity contribution is -0.145. The molecule has 0 bridgehead atoms. The fourth-order valence-electron chi connectivity index (χ4n) is 3.08. The predicted octanol–water partition coefficient (Wildman–Crippen LogP) is 6.78. The maximum atomic E-state index is 11.8. The van der Waals surface area contributed by atoms with Crippen LogP contribution in [0, 0.1) is 0 Å². The lowest BCUT2D eigenvalue weighted by atomic mass is 10.0. The Labute approximate surface area is 161 Å². The van der Waals surface area contributed by atoms with Crippen LogP contribution in [0.25, 0.3) is 0 Å². The molecule has 0 fully saturated rings. The number of halogens is 1. The van der Waals surface area contributed by atoms with Gasteiger partial charge in [0.1, 0.15) is 13.3 Å². The van der Waals surface area contributed by atoms with Crippen molar-refractivity contribution in [1.82, 2.24) is 0 Å². The zero-order chi connectivity index (χ0) is 19.1. The van der Waals surface area contributed by atoms with Crippen LogP contribution in [0.2, 0.25) is 0 Å². The molecule has 0 heterocycles. The molecule has 0 atom stereocenters. The summed E-state index contributed by atoms with van der Waals surface area (Å²) in [7, 11) is 0. The van der Waals surface area contributed by atoms with Crippen LogP contribution in [0.3, 0.4) is 0 Å². The van der Waals surface area contributed by atoms with E-state index in [4.69, 9.17) is 9.47 Å². The second-order valence-electron chi connectivity index (χ2n) is 7.22. The number of hydrogen-bond acceptors (Lipinski definition) is 3. The summed E-state index contributed by atoms with van der Waals surface area (Å²) in [5, 5.41) is 0. The van der Waals surface area contributed by atoms with Crippen LogP contribution in [0.5, 0.6) is 0 Å². The van der Waals surface area contributed by atoms with Crippen LogP contribution in [0.4, 0.5) is 4.39 Å². The molecule has 3 nitrogen and oxygen atoms in total. The molecule has 0 rings (SSSR count). The summed E-state index contributed by atoms with van der Waals surface area (Å²) in [6.07, 6.45) is 20.3. The zero-order valence-corrected chi connectivity index (χ0v) is 17.2. The van der Waals surface area contributed by atoms with Crippen LogP contribution in [-0.2, 0) is 14.3 Å². The highest BCUT2D eigenvalue weighted by atomic mass is 19.1. The molecule has 0 saturated heterocycles. The molecule has 0 radical (unpaired) electrons. The molecular weight excluding hydrogens is 331 g/mol. The number of rotatable bonds is 21. The molecule has 0 aliphatic carbocycles. The highest BCUT2D eigenvalue weighted by Crippen LogP contribution is 2.13. The Morgan fingerprint density at radius 2 is 1.12 bits per heavy atom. The van der Waals surface area contributed by atoms with Crippen molar-refractivity contribution in [2.75, 3.05) is 26.5 Å². The smallest absolute Gasteiger partial charge is 0.305 e. The average Bonchev–Trinajstić information content (AvgIpc) is 2.64. The van der Waals surface area contributed by atoms with Crippen molar-refractivity contribution >= 4 is 5.97 Å². The van der Waals surface area contributed by atoms with Crippen molar-refractivity contribution in [3.05, 3.63) is 0 Å². The molecule has 0 aromatic rings. The minimum atomic E-state index is -0.493. The van der Waals surface area contributed by atoms with E-state index in [0.29, 0.717) is 6.42 Å². The van der Waals surface area contributed by atoms with Crippen molar-refractivity contribution in [3.63, 3.8) is 0 Å². The van der Waals surface area contributed by atoms with E-state index >= 15 is 0 Å². The van der Waals surface area contributed by atoms with Crippen molar-refractivity contribution in [1.29, 1.82) is 0 Å². The fourth-order valence-corrected chi connectivity index (χ4v) is 3.08. The first-order chi connectivity index (χ1) is 12.8. The van der Waals surface area contributed by atoms with Crippen LogP contribution in [0.15, 0.2) is 0 Å². The third-order valence-corrected chi connectivity index (χ3v) is 4.70. The lowest BCUT2D eigenvalue weighted by Crippen LogP contribution is -2.11. The number of unbranched alkanes of at least 4 members (excludes halogenated alkanes) is 14. The van der Waals surface area contributed by atoms with Gasteiger partial charge in [0.25, 0.3) is 0 Å². The summed E-state index contributed by atoms with van der Waals surface area (Å²) in [5.74, 6) is -0.163. The third kappa shape index (κ3) is 21.4. The van der Waals surface area contributed by atoms with Crippen LogP contribution in [-0.4, -0.2) is 32.5 Å². The maximum Gasteiger partial charge on any atom is 0.305 e. The highest BCUT2D eigenvalue weighted by molar-refractivity contribution is 5.69. The minimum absolute atomic E-state index is 0.0800. The van der Waals surface area contributed by atoms with Gasteiger partial charge in [-0.25, -0.2) is 4.39 Å². The van der Waals surface area contributed by atoms with Gasteiger partial charge in [-0.15, -0.1) is 0 Å². The standard InChI is InChI=1S/C22H43FO3/c1-2-3-4-5-6-7-8-9-10-11-12-13-14-15-16-17-22(24)26-21-20-25-19-18-23/h2-21H2,1H3. The molecule has 0 aliphatic heterocycles. The number of carbonyl (C=O) groups is 1. The monoisotopic (exact) mass is 374 g/mol. The van der Waals surface area contributed by atoms with Gasteiger partial charge >= 0.3 is 5.97 Å². The first-order valence-corrected chi connectivity index (χ1v) is 11.1. The number of hydrogen-bond donors (Lipinski definition) is 0. The minimum Gasteiger partial charge on any atom is -0.463 e. The quantitative estimate of drug-likeness (QED) is 0.164. The summed E-state index contributed by atoms with van der Waals surface area (Å²) in [4.78, 5) is 11.5. The summed E-state index contributed by atoms with van der Waals surface area (Å²) >= 11 is 0. The molecule has 0 aromatic heterocycles. The van der Waals surface area contributed by atoms with E-state index in [0.717, 1.165) is 12.8 Å². The van der Waals surface area contributed by atoms with Crippen molar-refractivity contribution in [2.45, 2.75) is 110 Å². The van der Waals surface area contributed by atoms with Gasteiger partial charge in [-0.05, 0) is 6.42 Å². The molecule has 0 unspecified atom stereocenters. The Balaban J connectivity index is 3.09. The van der Waals surface area contributed by atoms with E-state index in [9.17, 15) is 9.18 Å². The maximum absolute atomic E-state index is 11.8. The summed E-state index contributed by atoms with van der Waals surface area (Å²) in [6, 6.07) is 0. The molecular formula is C22H43FO3. The number of ether oxygens (including phenoxy) is 2. The van der Waals surface area contributed by atoms with Crippen LogP contribution < -0.4 is 0 Å². The topological polar surface area (TPSA) is 35.5 Å². The van der Waals surface area contributed by atoms with Gasteiger partial charge in [-0.3, -0.25) is 4.79 Å². The van der Waals surface area contributed by atoms with Crippen molar-refractivity contribution in [3.8, 4) is 0 Å². The van der Waals surface area contributed by atoms with Gasteiger partial charge in [-0.1, -0.05) is 96.8 Å². The number of esters is 1. The summed E-state index contributed by atoms with van der Waals surface area (Å²) in [6.45, 7) is 2.38. The van der Waals surface area contributed by atoms with E-state index in [-0.39, 0.29) is 25.8 Å². The molecule has 26 heavy (non-hydrogen) atoms. The van der Waals surface area contributed by atoms with Gasteiger partial charge in [0.15, 0.2) is 0 Å². The predicted molar refractivity (Wildman–Crippen MR) is 107 cm³/mol. The normalized spacial score (nSPS) is 11.0. The van der Waals surface area contributed by atoms with E-state index < -0.39 is 6.67 Å². The highest BCUT2D eigenvalue weighted by Gasteiger charge is 2.02. The molecule has 156 valence electrons. The number of carbonyl (C=O) groups excluding carboxylic acids is 1. The van der Waals surface area contributed by atoms with Crippen molar-refractivity contribution in [2.24, 2.45) is 0 Å². The second kappa shape index (κ2) is 22.4. The Bertz CT molecular complexity index is 285. The molecule has 0 aromatic carbocycles.